The van der Waals surface area contributed by atoms with Gasteiger partial charge in [0.05, 0.1) is 29.3 Å². The molecule has 3 heterocycles. The van der Waals surface area contributed by atoms with Gasteiger partial charge in [-0.05, 0) is 34.6 Å². The first-order valence-electron chi connectivity index (χ1n) is 7.97. The van der Waals surface area contributed by atoms with Crippen molar-refractivity contribution in [3.8, 4) is 5.69 Å². The Labute approximate surface area is 148 Å². The van der Waals surface area contributed by atoms with Crippen LogP contribution in [0.5, 0.6) is 0 Å². The van der Waals surface area contributed by atoms with Crippen molar-refractivity contribution in [2.45, 2.75) is 52.0 Å². The smallest absolute Gasteiger partial charge is 0.399 e. The van der Waals surface area contributed by atoms with E-state index in [2.05, 4.69) is 10.1 Å². The zero-order chi connectivity index (χ0) is 19.5. The first-order valence-corrected chi connectivity index (χ1v) is 7.97. The van der Waals surface area contributed by atoms with Crippen LogP contribution >= 0.6 is 0 Å². The first-order chi connectivity index (χ1) is 11.8. The zero-order valence-electron chi connectivity index (χ0n) is 15.0. The summed E-state index contributed by atoms with van der Waals surface area (Å²) < 4.78 is 66.8. The molecule has 1 saturated heterocycles. The van der Waals surface area contributed by atoms with Crippen LogP contribution in [0.15, 0.2) is 18.5 Å². The Morgan fingerprint density at radius 2 is 1.65 bits per heavy atom. The van der Waals surface area contributed by atoms with Crippen molar-refractivity contribution in [2.75, 3.05) is 0 Å². The highest BCUT2D eigenvalue weighted by atomic mass is 19.4. The van der Waals surface area contributed by atoms with Gasteiger partial charge in [0.2, 0.25) is 0 Å². The molecule has 2 aromatic heterocycles. The number of hydrogen-bond donors (Lipinski definition) is 0. The van der Waals surface area contributed by atoms with Crippen LogP contribution in [0.25, 0.3) is 5.69 Å². The van der Waals surface area contributed by atoms with Gasteiger partial charge in [-0.1, -0.05) is 0 Å². The summed E-state index contributed by atoms with van der Waals surface area (Å²) in [5.41, 5.74) is -2.75. The number of alkyl halides is 3. The standard InChI is InChI=1S/C16H18BF4N3O2/c1-9-12(17-25-14(2,3)15(4,5)26-17)13(16(19,20)21)23-24(9)11-6-10(18)7-22-8-11/h6-8H,1-5H3. The lowest BCUT2D eigenvalue weighted by atomic mass is 9.77. The Bertz CT molecular complexity index is 833. The van der Waals surface area contributed by atoms with Crippen LogP contribution in [0, 0.1) is 12.7 Å². The molecule has 0 aromatic carbocycles. The van der Waals surface area contributed by atoms with Crippen LogP contribution in [-0.4, -0.2) is 33.1 Å². The fraction of sp³-hybridized carbons (Fsp3) is 0.500. The molecule has 0 amide bonds. The third kappa shape index (κ3) is 3.01. The van der Waals surface area contributed by atoms with E-state index in [0.717, 1.165) is 16.9 Å². The van der Waals surface area contributed by atoms with Gasteiger partial charge in [-0.25, -0.2) is 9.07 Å². The van der Waals surface area contributed by atoms with Gasteiger partial charge in [0.25, 0.3) is 0 Å². The molecule has 0 N–H and O–H groups in total. The molecule has 0 aliphatic carbocycles. The van der Waals surface area contributed by atoms with Crippen LogP contribution in [0.3, 0.4) is 0 Å². The maximum absolute atomic E-state index is 13.6. The second kappa shape index (κ2) is 5.78. The minimum Gasteiger partial charge on any atom is -0.399 e. The minimum absolute atomic E-state index is 0.0794. The molecule has 2 aromatic rings. The van der Waals surface area contributed by atoms with Gasteiger partial charge < -0.3 is 9.31 Å². The maximum Gasteiger partial charge on any atom is 0.499 e. The summed E-state index contributed by atoms with van der Waals surface area (Å²) in [4.78, 5) is 3.67. The lowest BCUT2D eigenvalue weighted by molar-refractivity contribution is -0.140. The molecule has 3 rings (SSSR count). The number of aromatic nitrogens is 3. The molecule has 0 saturated carbocycles. The minimum atomic E-state index is -4.73. The Morgan fingerprint density at radius 3 is 2.15 bits per heavy atom. The molecule has 5 nitrogen and oxygen atoms in total. The summed E-state index contributed by atoms with van der Waals surface area (Å²) in [6.45, 7) is 8.44. The highest BCUT2D eigenvalue weighted by molar-refractivity contribution is 6.63. The predicted molar refractivity (Wildman–Crippen MR) is 86.8 cm³/mol. The fourth-order valence-corrected chi connectivity index (χ4v) is 2.73. The lowest BCUT2D eigenvalue weighted by Crippen LogP contribution is -2.41. The average molecular weight is 371 g/mol. The second-order valence-corrected chi connectivity index (χ2v) is 7.21. The number of pyridine rings is 1. The van der Waals surface area contributed by atoms with Gasteiger partial charge >= 0.3 is 13.3 Å². The molecule has 0 unspecified atom stereocenters. The van der Waals surface area contributed by atoms with Gasteiger partial charge in [0.15, 0.2) is 5.69 Å². The Hall–Kier alpha value is -1.94. The molecule has 0 spiro atoms. The summed E-state index contributed by atoms with van der Waals surface area (Å²) in [5, 5.41) is 3.66. The summed E-state index contributed by atoms with van der Waals surface area (Å²) in [6, 6.07) is 1.06. The topological polar surface area (TPSA) is 49.2 Å². The quantitative estimate of drug-likeness (QED) is 0.602. The normalized spacial score (nSPS) is 19.2. The average Bonchev–Trinajstić information content (AvgIpc) is 2.93. The maximum atomic E-state index is 13.6. The summed E-state index contributed by atoms with van der Waals surface area (Å²) in [6.07, 6.45) is -2.53. The van der Waals surface area contributed by atoms with Gasteiger partial charge in [-0.15, -0.1) is 0 Å². The van der Waals surface area contributed by atoms with Crippen molar-refractivity contribution in [3.63, 3.8) is 0 Å². The van der Waals surface area contributed by atoms with E-state index in [1.54, 1.807) is 27.7 Å². The van der Waals surface area contributed by atoms with E-state index in [9.17, 15) is 17.6 Å². The van der Waals surface area contributed by atoms with Gasteiger partial charge in [0.1, 0.15) is 5.82 Å². The van der Waals surface area contributed by atoms with Crippen molar-refractivity contribution >= 4 is 12.6 Å². The largest absolute Gasteiger partial charge is 0.499 e. The van der Waals surface area contributed by atoms with Crippen LogP contribution in [0.2, 0.25) is 0 Å². The lowest BCUT2D eigenvalue weighted by Gasteiger charge is -2.32. The van der Waals surface area contributed by atoms with Crippen molar-refractivity contribution in [2.24, 2.45) is 0 Å². The van der Waals surface area contributed by atoms with Crippen LogP contribution in [0.4, 0.5) is 17.6 Å². The van der Waals surface area contributed by atoms with E-state index in [4.69, 9.17) is 9.31 Å². The van der Waals surface area contributed by atoms with Crippen LogP contribution in [-0.2, 0) is 15.5 Å². The number of nitrogens with zero attached hydrogens (tertiary/aromatic N) is 3. The molecule has 26 heavy (non-hydrogen) atoms. The Balaban J connectivity index is 2.16. The van der Waals surface area contributed by atoms with Crippen molar-refractivity contribution < 1.29 is 26.9 Å². The molecular formula is C16H18BF4N3O2. The van der Waals surface area contributed by atoms with Crippen LogP contribution in [0.1, 0.15) is 39.1 Å². The molecule has 10 heteroatoms. The van der Waals surface area contributed by atoms with Gasteiger partial charge in [-0.3, -0.25) is 4.98 Å². The number of hydrogen-bond acceptors (Lipinski definition) is 4. The zero-order valence-corrected chi connectivity index (χ0v) is 15.0. The highest BCUT2D eigenvalue weighted by Gasteiger charge is 2.55. The van der Waals surface area contributed by atoms with Crippen molar-refractivity contribution in [1.82, 2.24) is 14.8 Å². The van der Waals surface area contributed by atoms with E-state index >= 15 is 0 Å². The summed E-state index contributed by atoms with van der Waals surface area (Å²) >= 11 is 0. The molecule has 0 bridgehead atoms. The van der Waals surface area contributed by atoms with Crippen molar-refractivity contribution in [3.05, 3.63) is 35.7 Å². The van der Waals surface area contributed by atoms with E-state index in [-0.39, 0.29) is 16.8 Å². The van der Waals surface area contributed by atoms with E-state index in [1.165, 1.54) is 13.1 Å². The molecule has 0 atom stereocenters. The Kier molecular flexibility index (Phi) is 4.19. The molecule has 0 radical (unpaired) electrons. The molecular weight excluding hydrogens is 353 g/mol. The Morgan fingerprint density at radius 1 is 1.08 bits per heavy atom. The van der Waals surface area contributed by atoms with E-state index in [0.29, 0.717) is 0 Å². The van der Waals surface area contributed by atoms with Gasteiger partial charge in [-0.2, -0.15) is 18.3 Å². The van der Waals surface area contributed by atoms with Gasteiger partial charge in [0, 0.05) is 17.2 Å². The molecule has 140 valence electrons. The number of halogens is 4. The third-order valence-electron chi connectivity index (χ3n) is 4.86. The number of rotatable bonds is 2. The monoisotopic (exact) mass is 371 g/mol. The second-order valence-electron chi connectivity index (χ2n) is 7.21. The highest BCUT2D eigenvalue weighted by Crippen LogP contribution is 2.38. The molecule has 1 aliphatic rings. The SMILES string of the molecule is Cc1c(B2OC(C)(C)C(C)(C)O2)c(C(F)(F)F)nn1-c1cncc(F)c1. The van der Waals surface area contributed by atoms with Crippen LogP contribution < -0.4 is 5.46 Å². The van der Waals surface area contributed by atoms with E-state index < -0.39 is 36.0 Å². The summed E-state index contributed by atoms with van der Waals surface area (Å²) in [7, 11) is -1.24. The third-order valence-corrected chi connectivity index (χ3v) is 4.86. The molecule has 1 fully saturated rings. The molecule has 1 aliphatic heterocycles. The fourth-order valence-electron chi connectivity index (χ4n) is 2.73. The first kappa shape index (κ1) is 18.8. The van der Waals surface area contributed by atoms with Crippen molar-refractivity contribution in [1.29, 1.82) is 0 Å². The van der Waals surface area contributed by atoms with E-state index in [1.807, 2.05) is 0 Å². The predicted octanol–water partition coefficient (Wildman–Crippen LogP) is 3.03. The summed E-state index contributed by atoms with van der Waals surface area (Å²) in [5.74, 6) is -0.678.